The molecule has 0 radical (unpaired) electrons. The van der Waals surface area contributed by atoms with Gasteiger partial charge in [-0.25, -0.2) is 4.68 Å². The first-order valence-corrected chi connectivity index (χ1v) is 12.4. The van der Waals surface area contributed by atoms with Crippen molar-refractivity contribution in [3.63, 3.8) is 0 Å². The minimum absolute atomic E-state index is 0.0869. The van der Waals surface area contributed by atoms with Gasteiger partial charge in [-0.15, -0.1) is 5.10 Å². The molecular weight excluding hydrogens is 424 g/mol. The lowest BCUT2D eigenvalue weighted by molar-refractivity contribution is 0.312. The van der Waals surface area contributed by atoms with Crippen molar-refractivity contribution in [3.8, 4) is 0 Å². The predicted molar refractivity (Wildman–Crippen MR) is 133 cm³/mol. The van der Waals surface area contributed by atoms with Crippen molar-refractivity contribution in [3.05, 3.63) is 81.4 Å². The summed E-state index contributed by atoms with van der Waals surface area (Å²) in [6.45, 7) is 4.30. The summed E-state index contributed by atoms with van der Waals surface area (Å²) in [7, 11) is 0. The molecule has 34 heavy (non-hydrogen) atoms. The maximum absolute atomic E-state index is 13.6. The average Bonchev–Trinajstić information content (AvgIpc) is 3.45. The quantitative estimate of drug-likeness (QED) is 0.476. The number of nitrogens with one attached hydrogen (secondary N) is 1. The van der Waals surface area contributed by atoms with Gasteiger partial charge < -0.3 is 9.88 Å². The zero-order valence-electron chi connectivity index (χ0n) is 19.7. The number of hydrogen-bond donors (Lipinski definition) is 1. The molecule has 2 aromatic heterocycles. The summed E-state index contributed by atoms with van der Waals surface area (Å²) in [6.07, 6.45) is 6.72. The number of aromatic amines is 1. The summed E-state index contributed by atoms with van der Waals surface area (Å²) >= 11 is 0. The summed E-state index contributed by atoms with van der Waals surface area (Å²) in [5.74, 6) is 0.757. The van der Waals surface area contributed by atoms with Crippen LogP contribution in [0.3, 0.4) is 0 Å². The van der Waals surface area contributed by atoms with Gasteiger partial charge >= 0.3 is 0 Å². The second-order valence-electron chi connectivity index (χ2n) is 9.91. The summed E-state index contributed by atoms with van der Waals surface area (Å²) in [5.41, 5.74) is 5.06. The molecule has 1 saturated carbocycles. The van der Waals surface area contributed by atoms with Crippen LogP contribution < -0.4 is 10.5 Å². The highest BCUT2D eigenvalue weighted by Crippen LogP contribution is 2.41. The number of nitrogens with zero attached hydrogens (tertiary/aromatic N) is 5. The van der Waals surface area contributed by atoms with E-state index in [4.69, 9.17) is 0 Å². The van der Waals surface area contributed by atoms with Crippen molar-refractivity contribution in [2.45, 2.75) is 70.5 Å². The van der Waals surface area contributed by atoms with Crippen molar-refractivity contribution in [1.29, 1.82) is 0 Å². The molecule has 2 aliphatic rings. The molecule has 6 rings (SSSR count). The van der Waals surface area contributed by atoms with Gasteiger partial charge in [0.2, 0.25) is 0 Å². The maximum atomic E-state index is 13.6. The second-order valence-corrected chi connectivity index (χ2v) is 9.91. The molecule has 174 valence electrons. The molecule has 3 heterocycles. The number of tetrazole rings is 1. The van der Waals surface area contributed by atoms with Crippen molar-refractivity contribution in [2.75, 3.05) is 4.90 Å². The third kappa shape index (κ3) is 3.50. The molecule has 0 unspecified atom stereocenters. The Morgan fingerprint density at radius 2 is 1.88 bits per heavy atom. The molecule has 7 nitrogen and oxygen atoms in total. The fraction of sp³-hybridized carbons (Fsp3) is 0.407. The van der Waals surface area contributed by atoms with Crippen molar-refractivity contribution in [1.82, 2.24) is 25.2 Å². The molecule has 0 spiro atoms. The van der Waals surface area contributed by atoms with Gasteiger partial charge in [0.05, 0.1) is 6.04 Å². The highest BCUT2D eigenvalue weighted by molar-refractivity contribution is 5.80. The van der Waals surface area contributed by atoms with E-state index in [-0.39, 0.29) is 23.7 Å². The van der Waals surface area contributed by atoms with Gasteiger partial charge in [0.15, 0.2) is 5.82 Å². The van der Waals surface area contributed by atoms with Gasteiger partial charge in [-0.3, -0.25) is 4.79 Å². The highest BCUT2D eigenvalue weighted by Gasteiger charge is 2.38. The molecule has 2 aromatic carbocycles. The highest BCUT2D eigenvalue weighted by atomic mass is 16.1. The molecule has 2 atom stereocenters. The van der Waals surface area contributed by atoms with E-state index in [1.165, 1.54) is 24.8 Å². The monoisotopic (exact) mass is 454 g/mol. The summed E-state index contributed by atoms with van der Waals surface area (Å²) in [4.78, 5) is 19.0. The Kier molecular flexibility index (Phi) is 5.20. The summed E-state index contributed by atoms with van der Waals surface area (Å²) < 4.78 is 2.01. The summed E-state index contributed by atoms with van der Waals surface area (Å²) in [5, 5.41) is 14.2. The lowest BCUT2D eigenvalue weighted by Crippen LogP contribution is -2.39. The predicted octanol–water partition coefficient (Wildman–Crippen LogP) is 4.87. The molecule has 0 bridgehead atoms. The van der Waals surface area contributed by atoms with Gasteiger partial charge in [-0.2, -0.15) is 0 Å². The molecule has 0 saturated heterocycles. The van der Waals surface area contributed by atoms with Gasteiger partial charge in [-0.05, 0) is 78.8 Å². The van der Waals surface area contributed by atoms with E-state index < -0.39 is 0 Å². The Labute approximate surface area is 198 Å². The number of hydrogen-bond acceptors (Lipinski definition) is 5. The lowest BCUT2D eigenvalue weighted by atomic mass is 9.95. The number of fused-ring (bicyclic) bond motifs is 2. The number of H-pyrrole nitrogens is 1. The number of pyridine rings is 1. The standard InChI is InChI=1S/C27H30N6O/c1-17-12-13-23-20(14-17)16-22(27(34)28-23)25(32-18(2)15-19-8-6-7-11-24(19)32)26-29-30-31-33(26)21-9-4-3-5-10-21/h6-8,11-14,16,18,21,25H,3-5,9-10,15H2,1-2H3,(H,28,34)/t18-,25+/m0/s1. The van der Waals surface area contributed by atoms with Crippen LogP contribution in [0.15, 0.2) is 53.3 Å². The number of benzene rings is 2. The average molecular weight is 455 g/mol. The lowest BCUT2D eigenvalue weighted by Gasteiger charge is -2.34. The van der Waals surface area contributed by atoms with Gasteiger partial charge in [0.25, 0.3) is 5.56 Å². The van der Waals surface area contributed by atoms with Crippen LogP contribution in [0.25, 0.3) is 10.9 Å². The van der Waals surface area contributed by atoms with Crippen LogP contribution in [-0.2, 0) is 6.42 Å². The van der Waals surface area contributed by atoms with E-state index in [2.05, 4.69) is 69.6 Å². The Morgan fingerprint density at radius 1 is 1.06 bits per heavy atom. The molecule has 4 aromatic rings. The fourth-order valence-corrected chi connectivity index (χ4v) is 5.91. The number of aryl methyl sites for hydroxylation is 1. The fourth-order valence-electron chi connectivity index (χ4n) is 5.91. The van der Waals surface area contributed by atoms with E-state index in [9.17, 15) is 4.79 Å². The van der Waals surface area contributed by atoms with Crippen molar-refractivity contribution in [2.24, 2.45) is 0 Å². The molecule has 7 heteroatoms. The first-order chi connectivity index (χ1) is 16.6. The van der Waals surface area contributed by atoms with Crippen molar-refractivity contribution < 1.29 is 0 Å². The third-order valence-corrected chi connectivity index (χ3v) is 7.54. The van der Waals surface area contributed by atoms with Crippen LogP contribution in [0.2, 0.25) is 0 Å². The minimum Gasteiger partial charge on any atom is -0.354 e. The SMILES string of the molecule is Cc1ccc2[nH]c(=O)c([C@H](c3nnnn3C3CCCCC3)N3c4ccccc4C[C@@H]3C)cc2c1. The first kappa shape index (κ1) is 21.1. The topological polar surface area (TPSA) is 79.7 Å². The smallest absolute Gasteiger partial charge is 0.254 e. The van der Waals surface area contributed by atoms with E-state index in [1.807, 2.05) is 22.9 Å². The van der Waals surface area contributed by atoms with Crippen LogP contribution in [0, 0.1) is 6.92 Å². The van der Waals surface area contributed by atoms with Crippen molar-refractivity contribution >= 4 is 16.6 Å². The summed E-state index contributed by atoms with van der Waals surface area (Å²) in [6, 6.07) is 16.8. The number of aromatic nitrogens is 5. The Hall–Kier alpha value is -3.48. The van der Waals surface area contributed by atoms with Gasteiger partial charge in [0, 0.05) is 22.8 Å². The Balaban J connectivity index is 1.57. The van der Waals surface area contributed by atoms with Crippen LogP contribution in [0.4, 0.5) is 5.69 Å². The van der Waals surface area contributed by atoms with E-state index in [0.29, 0.717) is 5.56 Å². The molecular formula is C27H30N6O. The van der Waals surface area contributed by atoms with Crippen LogP contribution in [0.5, 0.6) is 0 Å². The van der Waals surface area contributed by atoms with E-state index in [1.54, 1.807) is 0 Å². The minimum atomic E-state index is -0.371. The Bertz CT molecular complexity index is 1400. The second kappa shape index (κ2) is 8.38. The molecule has 0 amide bonds. The molecule has 1 aliphatic heterocycles. The first-order valence-electron chi connectivity index (χ1n) is 12.4. The normalized spacial score (nSPS) is 19.5. The van der Waals surface area contributed by atoms with Crippen LogP contribution in [-0.4, -0.2) is 31.2 Å². The zero-order valence-corrected chi connectivity index (χ0v) is 19.7. The van der Waals surface area contributed by atoms with Gasteiger partial charge in [-0.1, -0.05) is 49.1 Å². The Morgan fingerprint density at radius 3 is 2.74 bits per heavy atom. The van der Waals surface area contributed by atoms with E-state index >= 15 is 0 Å². The zero-order chi connectivity index (χ0) is 23.2. The molecule has 1 fully saturated rings. The maximum Gasteiger partial charge on any atom is 0.254 e. The van der Waals surface area contributed by atoms with Gasteiger partial charge in [0.1, 0.15) is 6.04 Å². The number of anilines is 1. The number of para-hydroxylation sites is 1. The number of rotatable bonds is 4. The third-order valence-electron chi connectivity index (χ3n) is 7.54. The van der Waals surface area contributed by atoms with Crippen LogP contribution in [0.1, 0.15) is 73.6 Å². The largest absolute Gasteiger partial charge is 0.354 e. The molecule has 1 aliphatic carbocycles. The van der Waals surface area contributed by atoms with Crippen LogP contribution >= 0.6 is 0 Å². The van der Waals surface area contributed by atoms with E-state index in [0.717, 1.165) is 47.2 Å². The molecule has 1 N–H and O–H groups in total.